The van der Waals surface area contributed by atoms with Gasteiger partial charge < -0.3 is 14.6 Å². The average Bonchev–Trinajstić information content (AvgIpc) is 2.74. The predicted octanol–water partition coefficient (Wildman–Crippen LogP) is 3.12. The third-order valence-corrected chi connectivity index (χ3v) is 4.90. The van der Waals surface area contributed by atoms with Crippen molar-refractivity contribution < 1.29 is 24.3 Å². The second-order valence-electron chi connectivity index (χ2n) is 6.61. The van der Waals surface area contributed by atoms with Gasteiger partial charge in [0.25, 0.3) is 5.56 Å². The number of hydrogen-bond acceptors (Lipinski definition) is 8. The number of methoxy groups -OCH3 is 1. The van der Waals surface area contributed by atoms with Crippen molar-refractivity contribution in [3.05, 3.63) is 66.7 Å². The number of aromatic nitrogens is 2. The summed E-state index contributed by atoms with van der Waals surface area (Å²) >= 11 is 3.31. The Balaban J connectivity index is 2.09. The van der Waals surface area contributed by atoms with Crippen molar-refractivity contribution >= 4 is 44.7 Å². The molecule has 0 bridgehead atoms. The molecule has 0 aliphatic heterocycles. The lowest BCUT2D eigenvalue weighted by Crippen LogP contribution is -2.23. The SMILES string of the molecule is COc1cc(C=Nn2c(C)nc3ccc(Br)cc3c2=O)cc([N+](=O)[O-])c1O[C@H](C)C(=O)O. The third kappa shape index (κ3) is 4.59. The minimum atomic E-state index is -1.34. The zero-order valence-electron chi connectivity index (χ0n) is 17.1. The van der Waals surface area contributed by atoms with Crippen molar-refractivity contribution in [1.29, 1.82) is 0 Å². The van der Waals surface area contributed by atoms with E-state index in [2.05, 4.69) is 26.0 Å². The highest BCUT2D eigenvalue weighted by Crippen LogP contribution is 2.38. The fourth-order valence-electron chi connectivity index (χ4n) is 2.84. The second kappa shape index (κ2) is 9.14. The number of rotatable bonds is 7. The molecule has 11 nitrogen and oxygen atoms in total. The molecule has 2 aromatic carbocycles. The number of nitro benzene ring substituents is 1. The number of nitrogens with zero attached hydrogens (tertiary/aromatic N) is 4. The van der Waals surface area contributed by atoms with Gasteiger partial charge in [-0.25, -0.2) is 9.78 Å². The van der Waals surface area contributed by atoms with E-state index >= 15 is 0 Å². The standard InChI is InChI=1S/C20H17BrN4O7/c1-10(20(27)28)32-18-16(25(29)30)6-12(7-17(18)31-3)9-22-24-11(2)23-15-5-4-13(21)8-14(15)19(24)26/h4-10H,1-3H3,(H,27,28)/t10-/m1/s1. The number of ether oxygens (including phenoxy) is 2. The van der Waals surface area contributed by atoms with Crippen molar-refractivity contribution in [2.24, 2.45) is 5.10 Å². The Hall–Kier alpha value is -3.80. The zero-order valence-corrected chi connectivity index (χ0v) is 18.7. The van der Waals surface area contributed by atoms with Gasteiger partial charge in [0.2, 0.25) is 5.75 Å². The molecule has 0 aliphatic carbocycles. The summed E-state index contributed by atoms with van der Waals surface area (Å²) < 4.78 is 12.2. The molecule has 12 heteroatoms. The molecule has 0 saturated heterocycles. The summed E-state index contributed by atoms with van der Waals surface area (Å²) in [5.74, 6) is -1.36. The predicted molar refractivity (Wildman–Crippen MR) is 119 cm³/mol. The highest BCUT2D eigenvalue weighted by molar-refractivity contribution is 9.10. The Bertz CT molecular complexity index is 1320. The van der Waals surface area contributed by atoms with Gasteiger partial charge in [-0.3, -0.25) is 14.9 Å². The van der Waals surface area contributed by atoms with Crippen LogP contribution in [-0.4, -0.2) is 45.1 Å². The lowest BCUT2D eigenvalue weighted by Gasteiger charge is -2.14. The molecule has 0 fully saturated rings. The maximum absolute atomic E-state index is 12.8. The smallest absolute Gasteiger partial charge is 0.344 e. The van der Waals surface area contributed by atoms with Gasteiger partial charge in [0, 0.05) is 16.1 Å². The first-order chi connectivity index (χ1) is 15.1. The highest BCUT2D eigenvalue weighted by atomic mass is 79.9. The number of halogens is 1. The first-order valence-corrected chi connectivity index (χ1v) is 9.90. The van der Waals surface area contributed by atoms with E-state index in [0.29, 0.717) is 21.2 Å². The Morgan fingerprint density at radius 2 is 2.09 bits per heavy atom. The van der Waals surface area contributed by atoms with Crippen LogP contribution in [0, 0.1) is 17.0 Å². The van der Waals surface area contributed by atoms with E-state index in [0.717, 1.165) is 10.7 Å². The number of fused-ring (bicyclic) bond motifs is 1. The molecule has 0 saturated carbocycles. The molecule has 0 radical (unpaired) electrons. The Morgan fingerprint density at radius 1 is 1.38 bits per heavy atom. The van der Waals surface area contributed by atoms with E-state index in [1.807, 2.05) is 0 Å². The molecule has 0 unspecified atom stereocenters. The highest BCUT2D eigenvalue weighted by Gasteiger charge is 2.26. The van der Waals surface area contributed by atoms with Crippen LogP contribution in [0.3, 0.4) is 0 Å². The van der Waals surface area contributed by atoms with Gasteiger partial charge in [-0.15, -0.1) is 0 Å². The summed E-state index contributed by atoms with van der Waals surface area (Å²) in [5, 5.41) is 25.1. The quantitative estimate of drug-likeness (QED) is 0.293. The maximum atomic E-state index is 12.8. The maximum Gasteiger partial charge on any atom is 0.344 e. The summed E-state index contributed by atoms with van der Waals surface area (Å²) in [6, 6.07) is 7.61. The van der Waals surface area contributed by atoms with E-state index in [1.165, 1.54) is 26.3 Å². The Morgan fingerprint density at radius 3 is 2.72 bits per heavy atom. The van der Waals surface area contributed by atoms with E-state index < -0.39 is 28.2 Å². The summed E-state index contributed by atoms with van der Waals surface area (Å²) in [4.78, 5) is 39.1. The molecule has 1 aromatic heterocycles. The number of carboxylic acids is 1. The largest absolute Gasteiger partial charge is 0.493 e. The Labute approximate surface area is 189 Å². The number of carboxylic acid groups (broad SMARTS) is 1. The normalized spacial score (nSPS) is 12.1. The molecule has 1 atom stereocenters. The van der Waals surface area contributed by atoms with Gasteiger partial charge in [-0.2, -0.15) is 9.78 Å². The van der Waals surface area contributed by atoms with Crippen LogP contribution in [-0.2, 0) is 4.79 Å². The van der Waals surface area contributed by atoms with Crippen LogP contribution in [0.15, 0.2) is 44.7 Å². The van der Waals surface area contributed by atoms with Crippen molar-refractivity contribution in [1.82, 2.24) is 9.66 Å². The summed E-state index contributed by atoms with van der Waals surface area (Å²) in [5.41, 5.74) is -0.191. The van der Waals surface area contributed by atoms with Crippen molar-refractivity contribution in [3.8, 4) is 11.5 Å². The van der Waals surface area contributed by atoms with E-state index in [1.54, 1.807) is 25.1 Å². The zero-order chi connectivity index (χ0) is 23.6. The number of hydrogen-bond donors (Lipinski definition) is 1. The van der Waals surface area contributed by atoms with Crippen LogP contribution in [0.5, 0.6) is 11.5 Å². The monoisotopic (exact) mass is 504 g/mol. The van der Waals surface area contributed by atoms with Crippen LogP contribution in [0.4, 0.5) is 5.69 Å². The fraction of sp³-hybridized carbons (Fsp3) is 0.200. The summed E-state index contributed by atoms with van der Waals surface area (Å²) in [6.45, 7) is 2.84. The first kappa shape index (κ1) is 22.9. The van der Waals surface area contributed by atoms with E-state index in [4.69, 9.17) is 14.6 Å². The number of aliphatic carboxylic acids is 1. The molecule has 3 rings (SSSR count). The molecule has 32 heavy (non-hydrogen) atoms. The molecule has 1 N–H and O–H groups in total. The van der Waals surface area contributed by atoms with Crippen LogP contribution >= 0.6 is 15.9 Å². The fourth-order valence-corrected chi connectivity index (χ4v) is 3.20. The molecule has 166 valence electrons. The Kier molecular flexibility index (Phi) is 6.53. The van der Waals surface area contributed by atoms with Gasteiger partial charge in [0.05, 0.1) is 29.2 Å². The second-order valence-corrected chi connectivity index (χ2v) is 7.52. The van der Waals surface area contributed by atoms with Gasteiger partial charge >= 0.3 is 11.7 Å². The minimum Gasteiger partial charge on any atom is -0.493 e. The summed E-state index contributed by atoms with van der Waals surface area (Å²) in [7, 11) is 1.26. The molecule has 3 aromatic rings. The molecule has 0 spiro atoms. The van der Waals surface area contributed by atoms with Crippen LogP contribution < -0.4 is 15.0 Å². The molecule has 1 heterocycles. The summed E-state index contributed by atoms with van der Waals surface area (Å²) in [6.07, 6.45) is -0.105. The third-order valence-electron chi connectivity index (χ3n) is 4.41. The lowest BCUT2D eigenvalue weighted by molar-refractivity contribution is -0.386. The van der Waals surface area contributed by atoms with Crippen molar-refractivity contribution in [3.63, 3.8) is 0 Å². The van der Waals surface area contributed by atoms with Crippen LogP contribution in [0.25, 0.3) is 10.9 Å². The molecular formula is C20H17BrN4O7. The number of nitro groups is 1. The molecule has 0 aliphatic rings. The van der Waals surface area contributed by atoms with Crippen molar-refractivity contribution in [2.45, 2.75) is 20.0 Å². The number of carbonyl (C=O) groups is 1. The van der Waals surface area contributed by atoms with Gasteiger partial charge in [-0.05, 0) is 38.1 Å². The van der Waals surface area contributed by atoms with Crippen LogP contribution in [0.1, 0.15) is 18.3 Å². The van der Waals surface area contributed by atoms with Gasteiger partial charge in [0.15, 0.2) is 11.9 Å². The average molecular weight is 505 g/mol. The minimum absolute atomic E-state index is 0.0571. The number of aryl methyl sites for hydroxylation is 1. The lowest BCUT2D eigenvalue weighted by atomic mass is 10.2. The van der Waals surface area contributed by atoms with Crippen LogP contribution in [0.2, 0.25) is 0 Å². The molecular weight excluding hydrogens is 488 g/mol. The van der Waals surface area contributed by atoms with E-state index in [9.17, 15) is 19.7 Å². The van der Waals surface area contributed by atoms with Crippen molar-refractivity contribution in [2.75, 3.05) is 7.11 Å². The van der Waals surface area contributed by atoms with Gasteiger partial charge in [-0.1, -0.05) is 15.9 Å². The van der Waals surface area contributed by atoms with Gasteiger partial charge in [0.1, 0.15) is 5.82 Å². The topological polar surface area (TPSA) is 146 Å². The molecule has 0 amide bonds. The first-order valence-electron chi connectivity index (χ1n) is 9.11. The number of benzene rings is 2. The van der Waals surface area contributed by atoms with E-state index in [-0.39, 0.29) is 17.1 Å².